The van der Waals surface area contributed by atoms with Gasteiger partial charge in [0, 0.05) is 35.5 Å². The Morgan fingerprint density at radius 3 is 1.19 bits per heavy atom. The topological polar surface area (TPSA) is 158 Å². The van der Waals surface area contributed by atoms with Gasteiger partial charge in [-0.25, -0.2) is 28.8 Å². The van der Waals surface area contributed by atoms with Crippen LogP contribution in [0.25, 0.3) is 0 Å². The second-order valence-corrected chi connectivity index (χ2v) is 16.4. The van der Waals surface area contributed by atoms with Crippen LogP contribution in [0.1, 0.15) is 65.2 Å². The molecule has 0 saturated heterocycles. The Kier molecular flexibility index (Phi) is 12.2. The summed E-state index contributed by atoms with van der Waals surface area (Å²) < 4.78 is 31.3. The normalized spacial score (nSPS) is 34.5. The van der Waals surface area contributed by atoms with E-state index in [1.165, 1.54) is 12.8 Å². The number of fused-ring (bicyclic) bond motifs is 10. The molecule has 6 fully saturated rings. The molecular weight excluding hydrogens is 684 g/mol. The molecule has 0 aromatic rings. The van der Waals surface area contributed by atoms with Crippen LogP contribution in [0.2, 0.25) is 0 Å². The number of esters is 6. The zero-order valence-corrected chi connectivity index (χ0v) is 30.7. The van der Waals surface area contributed by atoms with E-state index in [-0.39, 0.29) is 37.0 Å². The minimum atomic E-state index is -0.891. The molecule has 0 amide bonds. The van der Waals surface area contributed by atoms with Crippen molar-refractivity contribution in [3.63, 3.8) is 0 Å². The van der Waals surface area contributed by atoms with Crippen LogP contribution in [-0.4, -0.2) is 69.0 Å². The molecule has 6 aliphatic rings. The molecule has 0 heterocycles. The third-order valence-electron chi connectivity index (χ3n) is 13.0. The van der Waals surface area contributed by atoms with Gasteiger partial charge in [0.2, 0.25) is 6.79 Å². The van der Waals surface area contributed by atoms with Crippen LogP contribution in [-0.2, 0) is 57.2 Å². The number of carbonyl (C=O) groups excluding carboxylic acids is 6. The zero-order valence-electron chi connectivity index (χ0n) is 30.7. The fourth-order valence-corrected chi connectivity index (χ4v) is 10.9. The molecule has 6 rings (SSSR count). The van der Waals surface area contributed by atoms with Gasteiger partial charge in [-0.05, 0) is 136 Å². The Morgan fingerprint density at radius 2 is 0.811 bits per heavy atom. The second-order valence-electron chi connectivity index (χ2n) is 16.4. The SMILES string of the molecule is C=C(C)C(=O)OCC1CC2CC1[C@H]1CC(COC(=O)/C=C/C(=O)OCOC(=O)/C=C/C(=O)OCC3C[C@@H]4C5CC(COC(=O)C(=C)C)C(C5)[C@@H]4C3)C[C@@H]21. The van der Waals surface area contributed by atoms with Crippen molar-refractivity contribution in [2.24, 2.45) is 71.0 Å². The Labute approximate surface area is 310 Å². The van der Waals surface area contributed by atoms with Gasteiger partial charge in [0.15, 0.2) is 0 Å². The van der Waals surface area contributed by atoms with Crippen LogP contribution < -0.4 is 0 Å². The predicted octanol–water partition coefficient (Wildman–Crippen LogP) is 5.06. The first kappa shape index (κ1) is 38.5. The maximum atomic E-state index is 12.2. The summed E-state index contributed by atoms with van der Waals surface area (Å²) in [6.45, 7) is 11.3. The fourth-order valence-electron chi connectivity index (χ4n) is 10.9. The average Bonchev–Trinajstić information content (AvgIpc) is 3.97. The Balaban J connectivity index is 0.805. The van der Waals surface area contributed by atoms with Gasteiger partial charge in [0.05, 0.1) is 26.4 Å². The first-order valence-electron chi connectivity index (χ1n) is 19.0. The number of hydrogen-bond acceptors (Lipinski definition) is 12. The van der Waals surface area contributed by atoms with Gasteiger partial charge in [0.25, 0.3) is 0 Å². The average molecular weight is 737 g/mol. The van der Waals surface area contributed by atoms with Gasteiger partial charge in [-0.2, -0.15) is 0 Å². The summed E-state index contributed by atoms with van der Waals surface area (Å²) in [6.07, 6.45) is 12.2. The van der Waals surface area contributed by atoms with Crippen molar-refractivity contribution in [3.8, 4) is 0 Å². The summed E-state index contributed by atoms with van der Waals surface area (Å²) in [4.78, 5) is 72.1. The van der Waals surface area contributed by atoms with E-state index >= 15 is 0 Å². The standard InChI is InChI=1S/C41H52O12/c1-22(2)40(46)50-19-28-13-26-15-32(28)34-11-24(9-30(26)34)17-48-36(42)5-7-38(44)52-21-53-39(45)8-6-37(43)49-18-25-10-31-27-14-29(20-51-41(47)23(3)4)33(16-27)35(31)12-25/h5-8,24-35H,1,3,9-21H2,2,4H3/b7-5+,8-6+/t24?,25?,26?,27?,28?,29?,30-,31+,32?,33?,34-,35+. The van der Waals surface area contributed by atoms with Gasteiger partial charge < -0.3 is 28.4 Å². The van der Waals surface area contributed by atoms with E-state index < -0.39 is 30.7 Å². The summed E-state index contributed by atoms with van der Waals surface area (Å²) in [5.41, 5.74) is 0.816. The first-order valence-corrected chi connectivity index (χ1v) is 19.0. The third-order valence-corrected chi connectivity index (χ3v) is 13.0. The van der Waals surface area contributed by atoms with Gasteiger partial charge in [-0.3, -0.25) is 0 Å². The van der Waals surface area contributed by atoms with Crippen molar-refractivity contribution in [2.75, 3.05) is 33.2 Å². The molecule has 0 N–H and O–H groups in total. The van der Waals surface area contributed by atoms with E-state index in [9.17, 15) is 28.8 Å². The summed E-state index contributed by atoms with van der Waals surface area (Å²) in [7, 11) is 0. The van der Waals surface area contributed by atoms with Crippen LogP contribution in [0.4, 0.5) is 0 Å². The lowest BCUT2D eigenvalue weighted by Gasteiger charge is -2.31. The Morgan fingerprint density at radius 1 is 0.453 bits per heavy atom. The minimum absolute atomic E-state index is 0.249. The lowest BCUT2D eigenvalue weighted by atomic mass is 9.76. The number of rotatable bonds is 16. The van der Waals surface area contributed by atoms with Crippen molar-refractivity contribution in [1.82, 2.24) is 0 Å². The van der Waals surface area contributed by atoms with Crippen LogP contribution in [0, 0.1) is 71.0 Å². The highest BCUT2D eigenvalue weighted by molar-refractivity contribution is 5.92. The van der Waals surface area contributed by atoms with Gasteiger partial charge in [0.1, 0.15) is 0 Å². The molecule has 4 bridgehead atoms. The monoisotopic (exact) mass is 736 g/mol. The van der Waals surface area contributed by atoms with Crippen molar-refractivity contribution < 1.29 is 57.2 Å². The van der Waals surface area contributed by atoms with Crippen molar-refractivity contribution in [1.29, 1.82) is 0 Å². The maximum Gasteiger partial charge on any atom is 0.333 e. The highest BCUT2D eigenvalue weighted by Crippen LogP contribution is 2.63. The molecule has 6 saturated carbocycles. The molecular formula is C41H52O12. The van der Waals surface area contributed by atoms with E-state index in [0.29, 0.717) is 83.5 Å². The van der Waals surface area contributed by atoms with Crippen LogP contribution in [0.5, 0.6) is 0 Å². The summed E-state index contributed by atoms with van der Waals surface area (Å²) in [5, 5.41) is 0. The molecule has 0 aliphatic heterocycles. The summed E-state index contributed by atoms with van der Waals surface area (Å²) in [6, 6.07) is 0. The number of carbonyl (C=O) groups is 6. The maximum absolute atomic E-state index is 12.2. The molecule has 0 aromatic carbocycles. The zero-order chi connectivity index (χ0) is 37.8. The summed E-state index contributed by atoms with van der Waals surface area (Å²) in [5.74, 6) is 2.07. The molecule has 12 atom stereocenters. The Bertz CT molecular complexity index is 1430. The van der Waals surface area contributed by atoms with Gasteiger partial charge >= 0.3 is 35.8 Å². The van der Waals surface area contributed by atoms with Crippen LogP contribution in [0.3, 0.4) is 0 Å². The molecule has 0 spiro atoms. The van der Waals surface area contributed by atoms with Gasteiger partial charge in [-0.15, -0.1) is 0 Å². The highest BCUT2D eigenvalue weighted by Gasteiger charge is 2.57. The minimum Gasteiger partial charge on any atom is -0.462 e. The van der Waals surface area contributed by atoms with E-state index in [0.717, 1.165) is 62.8 Å². The highest BCUT2D eigenvalue weighted by atomic mass is 16.7. The predicted molar refractivity (Wildman–Crippen MR) is 188 cm³/mol. The van der Waals surface area contributed by atoms with Crippen molar-refractivity contribution in [3.05, 3.63) is 48.6 Å². The van der Waals surface area contributed by atoms with Crippen molar-refractivity contribution >= 4 is 35.8 Å². The molecule has 0 radical (unpaired) electrons. The third kappa shape index (κ3) is 9.30. The quantitative estimate of drug-likeness (QED) is 0.0899. The van der Waals surface area contributed by atoms with E-state index in [2.05, 4.69) is 13.2 Å². The fraction of sp³-hybridized carbons (Fsp3) is 0.659. The molecule has 6 aliphatic carbocycles. The lowest BCUT2D eigenvalue weighted by Crippen LogP contribution is -2.28. The van der Waals surface area contributed by atoms with Crippen LogP contribution in [0.15, 0.2) is 48.6 Å². The molecule has 12 heteroatoms. The summed E-state index contributed by atoms with van der Waals surface area (Å²) >= 11 is 0. The lowest BCUT2D eigenvalue weighted by molar-refractivity contribution is -0.161. The van der Waals surface area contributed by atoms with E-state index in [4.69, 9.17) is 28.4 Å². The Hall–Kier alpha value is -4.22. The molecule has 0 aromatic heterocycles. The first-order chi connectivity index (χ1) is 25.4. The van der Waals surface area contributed by atoms with E-state index in [1.54, 1.807) is 13.8 Å². The molecule has 288 valence electrons. The van der Waals surface area contributed by atoms with Gasteiger partial charge in [-0.1, -0.05) is 13.2 Å². The number of ether oxygens (including phenoxy) is 6. The smallest absolute Gasteiger partial charge is 0.333 e. The largest absolute Gasteiger partial charge is 0.462 e. The number of hydrogen-bond donors (Lipinski definition) is 0. The second kappa shape index (κ2) is 16.8. The molecule has 8 unspecified atom stereocenters. The van der Waals surface area contributed by atoms with Crippen LogP contribution >= 0.6 is 0 Å². The molecule has 53 heavy (non-hydrogen) atoms. The molecule has 12 nitrogen and oxygen atoms in total. The van der Waals surface area contributed by atoms with Crippen molar-refractivity contribution in [2.45, 2.75) is 65.2 Å². The van der Waals surface area contributed by atoms with E-state index in [1.807, 2.05) is 0 Å².